The van der Waals surface area contributed by atoms with E-state index in [4.69, 9.17) is 0 Å². The Morgan fingerprint density at radius 1 is 1.10 bits per heavy atom. The Morgan fingerprint density at radius 2 is 1.65 bits per heavy atom. The van der Waals surface area contributed by atoms with Gasteiger partial charge in [-0.2, -0.15) is 0 Å². The van der Waals surface area contributed by atoms with Gasteiger partial charge in [0, 0.05) is 6.54 Å². The SMILES string of the molecule is CC(C)CCCN(F)S(=O)(=O)c1ccc(C(C)C)cc1. The summed E-state index contributed by atoms with van der Waals surface area (Å²) in [6.45, 7) is 8.02. The molecule has 5 heteroatoms. The third-order valence-corrected chi connectivity index (χ3v) is 4.79. The highest BCUT2D eigenvalue weighted by Gasteiger charge is 2.24. The molecule has 1 aromatic rings. The van der Waals surface area contributed by atoms with Crippen LogP contribution < -0.4 is 0 Å². The first kappa shape index (κ1) is 17.1. The van der Waals surface area contributed by atoms with Gasteiger partial charge in [0.2, 0.25) is 0 Å². The van der Waals surface area contributed by atoms with E-state index in [1.165, 1.54) is 12.1 Å². The molecule has 0 unspecified atom stereocenters. The van der Waals surface area contributed by atoms with E-state index in [0.717, 1.165) is 12.0 Å². The number of benzene rings is 1. The Labute approximate surface area is 121 Å². The fourth-order valence-corrected chi connectivity index (χ4v) is 2.96. The zero-order chi connectivity index (χ0) is 15.3. The van der Waals surface area contributed by atoms with Gasteiger partial charge >= 0.3 is 0 Å². The molecule has 0 saturated heterocycles. The Balaban J connectivity index is 2.76. The fourth-order valence-electron chi connectivity index (χ4n) is 1.88. The molecule has 20 heavy (non-hydrogen) atoms. The molecule has 1 aromatic carbocycles. The third kappa shape index (κ3) is 4.56. The van der Waals surface area contributed by atoms with Gasteiger partial charge < -0.3 is 0 Å². The maximum Gasteiger partial charge on any atom is 0.269 e. The van der Waals surface area contributed by atoms with Crippen LogP contribution in [0.4, 0.5) is 4.48 Å². The van der Waals surface area contributed by atoms with E-state index >= 15 is 0 Å². The lowest BCUT2D eigenvalue weighted by Gasteiger charge is -2.14. The summed E-state index contributed by atoms with van der Waals surface area (Å²) in [6.07, 6.45) is 1.33. The lowest BCUT2D eigenvalue weighted by atomic mass is 10.0. The minimum absolute atomic E-state index is 0.00828. The third-order valence-electron chi connectivity index (χ3n) is 3.22. The van der Waals surface area contributed by atoms with E-state index in [-0.39, 0.29) is 16.0 Å². The largest absolute Gasteiger partial charge is 0.269 e. The molecule has 0 fully saturated rings. The van der Waals surface area contributed by atoms with E-state index in [1.54, 1.807) is 12.1 Å². The molecule has 0 aromatic heterocycles. The van der Waals surface area contributed by atoms with Crippen molar-refractivity contribution in [2.75, 3.05) is 6.54 Å². The van der Waals surface area contributed by atoms with Crippen LogP contribution in [0.3, 0.4) is 0 Å². The van der Waals surface area contributed by atoms with Gasteiger partial charge in [-0.1, -0.05) is 39.8 Å². The number of nitrogens with zero attached hydrogens (tertiary/aromatic N) is 1. The summed E-state index contributed by atoms with van der Waals surface area (Å²) in [5, 5.41) is 0. The van der Waals surface area contributed by atoms with Crippen LogP contribution in [-0.4, -0.2) is 19.5 Å². The summed E-state index contributed by atoms with van der Waals surface area (Å²) in [5.74, 6) is 0.760. The second-order valence-corrected chi connectivity index (χ2v) is 7.59. The summed E-state index contributed by atoms with van der Waals surface area (Å²) >= 11 is 0. The molecule has 0 aliphatic heterocycles. The number of halogens is 1. The van der Waals surface area contributed by atoms with Crippen molar-refractivity contribution >= 4 is 10.0 Å². The minimum Gasteiger partial charge on any atom is -0.205 e. The lowest BCUT2D eigenvalue weighted by molar-refractivity contribution is 0.134. The summed E-state index contributed by atoms with van der Waals surface area (Å²) in [4.78, 5) is 0.00828. The highest BCUT2D eigenvalue weighted by atomic mass is 32.2. The van der Waals surface area contributed by atoms with Crippen molar-refractivity contribution < 1.29 is 12.9 Å². The standard InChI is InChI=1S/C15H24FNO2S/c1-12(2)6-5-11-17(16)20(18,19)15-9-7-14(8-10-15)13(3)4/h7-10,12-13H,5-6,11H2,1-4H3. The van der Waals surface area contributed by atoms with Gasteiger partial charge in [-0.15, -0.1) is 4.48 Å². The molecular weight excluding hydrogens is 277 g/mol. The second-order valence-electron chi connectivity index (χ2n) is 5.78. The fraction of sp³-hybridized carbons (Fsp3) is 0.600. The van der Waals surface area contributed by atoms with Crippen molar-refractivity contribution in [1.82, 2.24) is 4.53 Å². The molecule has 0 amide bonds. The van der Waals surface area contributed by atoms with Gasteiger partial charge in [0.05, 0.1) is 4.90 Å². The van der Waals surface area contributed by atoms with Crippen molar-refractivity contribution in [1.29, 1.82) is 0 Å². The van der Waals surface area contributed by atoms with Crippen LogP contribution in [-0.2, 0) is 10.0 Å². The Hall–Kier alpha value is -0.940. The van der Waals surface area contributed by atoms with Crippen LogP contribution in [0.2, 0.25) is 0 Å². The van der Waals surface area contributed by atoms with Crippen LogP contribution in [0.25, 0.3) is 0 Å². The molecule has 0 N–H and O–H groups in total. The maximum atomic E-state index is 13.8. The first-order chi connectivity index (χ1) is 9.25. The molecule has 0 bridgehead atoms. The van der Waals surface area contributed by atoms with Crippen LogP contribution in [0, 0.1) is 5.92 Å². The van der Waals surface area contributed by atoms with Gasteiger partial charge in [-0.05, 0) is 46.9 Å². The van der Waals surface area contributed by atoms with E-state index in [1.807, 2.05) is 27.7 Å². The summed E-state index contributed by atoms with van der Waals surface area (Å²) < 4.78 is 37.9. The first-order valence-corrected chi connectivity index (χ1v) is 8.47. The van der Waals surface area contributed by atoms with Crippen LogP contribution in [0.5, 0.6) is 0 Å². The van der Waals surface area contributed by atoms with Crippen molar-refractivity contribution in [3.05, 3.63) is 29.8 Å². The topological polar surface area (TPSA) is 37.4 Å². The van der Waals surface area contributed by atoms with Crippen molar-refractivity contribution in [3.63, 3.8) is 0 Å². The second kappa shape index (κ2) is 7.18. The summed E-state index contributed by atoms with van der Waals surface area (Å²) in [5.41, 5.74) is 1.04. The number of hydrogen-bond donors (Lipinski definition) is 0. The molecule has 0 spiro atoms. The normalized spacial score (nSPS) is 12.6. The Morgan fingerprint density at radius 3 is 2.10 bits per heavy atom. The summed E-state index contributed by atoms with van der Waals surface area (Å²) in [7, 11) is -4.01. The highest BCUT2D eigenvalue weighted by molar-refractivity contribution is 7.89. The highest BCUT2D eigenvalue weighted by Crippen LogP contribution is 2.21. The quantitative estimate of drug-likeness (QED) is 0.710. The van der Waals surface area contributed by atoms with E-state index in [9.17, 15) is 12.9 Å². The van der Waals surface area contributed by atoms with E-state index in [2.05, 4.69) is 0 Å². The van der Waals surface area contributed by atoms with Crippen molar-refractivity contribution in [2.45, 2.75) is 51.3 Å². The molecule has 0 aliphatic carbocycles. The molecule has 0 aliphatic rings. The Bertz CT molecular complexity index is 509. The molecule has 0 saturated carbocycles. The van der Waals surface area contributed by atoms with Crippen LogP contribution in [0.15, 0.2) is 29.2 Å². The lowest BCUT2D eigenvalue weighted by Crippen LogP contribution is -2.24. The van der Waals surface area contributed by atoms with E-state index < -0.39 is 10.0 Å². The molecule has 114 valence electrons. The van der Waals surface area contributed by atoms with Gasteiger partial charge in [-0.3, -0.25) is 0 Å². The van der Waals surface area contributed by atoms with Gasteiger partial charge in [0.15, 0.2) is 0 Å². The minimum atomic E-state index is -4.01. The maximum absolute atomic E-state index is 13.8. The van der Waals surface area contributed by atoms with E-state index in [0.29, 0.717) is 18.3 Å². The van der Waals surface area contributed by atoms with Gasteiger partial charge in [-0.25, -0.2) is 8.42 Å². The van der Waals surface area contributed by atoms with Gasteiger partial charge in [0.1, 0.15) is 0 Å². The monoisotopic (exact) mass is 301 g/mol. The number of rotatable bonds is 7. The zero-order valence-electron chi connectivity index (χ0n) is 12.6. The predicted octanol–water partition coefficient (Wildman–Crippen LogP) is 4.12. The van der Waals surface area contributed by atoms with Crippen LogP contribution in [0.1, 0.15) is 52.0 Å². The number of hydrogen-bond acceptors (Lipinski definition) is 2. The van der Waals surface area contributed by atoms with Crippen molar-refractivity contribution in [3.8, 4) is 0 Å². The average molecular weight is 301 g/mol. The number of sulfonamides is 1. The zero-order valence-corrected chi connectivity index (χ0v) is 13.5. The summed E-state index contributed by atoms with van der Waals surface area (Å²) in [6, 6.07) is 6.42. The smallest absolute Gasteiger partial charge is 0.205 e. The molecule has 3 nitrogen and oxygen atoms in total. The first-order valence-electron chi connectivity index (χ1n) is 7.03. The molecule has 1 rings (SSSR count). The van der Waals surface area contributed by atoms with Crippen LogP contribution >= 0.6 is 0 Å². The van der Waals surface area contributed by atoms with Gasteiger partial charge in [0.25, 0.3) is 10.0 Å². The van der Waals surface area contributed by atoms with Crippen molar-refractivity contribution in [2.24, 2.45) is 5.92 Å². The average Bonchev–Trinajstić information content (AvgIpc) is 2.38. The molecule has 0 heterocycles. The predicted molar refractivity (Wildman–Crippen MR) is 79.6 cm³/mol. The Kier molecular flexibility index (Phi) is 6.14. The molecule has 0 atom stereocenters. The molecule has 0 radical (unpaired) electrons. The molecular formula is C15H24FNO2S.